The van der Waals surface area contributed by atoms with Gasteiger partial charge in [-0.1, -0.05) is 0 Å². The molecule has 1 aromatic carbocycles. The Morgan fingerprint density at radius 1 is 1.04 bits per heavy atom. The van der Waals surface area contributed by atoms with Crippen LogP contribution in [0.1, 0.15) is 19.8 Å². The van der Waals surface area contributed by atoms with Crippen molar-refractivity contribution in [1.82, 2.24) is 0 Å². The van der Waals surface area contributed by atoms with Crippen LogP contribution in [0.4, 0.5) is 17.6 Å². The number of carbonyl (C=O) groups is 2. The van der Waals surface area contributed by atoms with Crippen LogP contribution in [-0.4, -0.2) is 31.5 Å². The van der Waals surface area contributed by atoms with Crippen molar-refractivity contribution in [1.29, 1.82) is 0 Å². The Bertz CT molecular complexity index is 747. The Balaban J connectivity index is 3.02. The van der Waals surface area contributed by atoms with E-state index >= 15 is 0 Å². The summed E-state index contributed by atoms with van der Waals surface area (Å²) in [7, 11) is -5.60. The lowest BCUT2D eigenvalue weighted by molar-refractivity contribution is -0.142. The van der Waals surface area contributed by atoms with Crippen LogP contribution in [0.3, 0.4) is 0 Å². The molecule has 24 heavy (non-hydrogen) atoms. The fourth-order valence-electron chi connectivity index (χ4n) is 1.50. The summed E-state index contributed by atoms with van der Waals surface area (Å²) in [6.07, 6.45) is -0.620. The quantitative estimate of drug-likeness (QED) is 0.202. The molecule has 12 heteroatoms. The minimum absolute atomic E-state index is 0.101. The van der Waals surface area contributed by atoms with E-state index in [9.17, 15) is 35.6 Å². The van der Waals surface area contributed by atoms with Crippen molar-refractivity contribution in [2.24, 2.45) is 0 Å². The Morgan fingerprint density at radius 3 is 1.96 bits per heavy atom. The molecule has 0 fully saturated rings. The molecule has 0 heterocycles. The molecule has 7 nitrogen and oxygen atoms in total. The second-order valence-corrected chi connectivity index (χ2v) is 5.67. The summed E-state index contributed by atoms with van der Waals surface area (Å²) in [5, 5.41) is 0. The number of halogens is 4. The van der Waals surface area contributed by atoms with Gasteiger partial charge < -0.3 is 9.47 Å². The average molecular weight is 374 g/mol. The van der Waals surface area contributed by atoms with E-state index in [1.165, 1.54) is 0 Å². The van der Waals surface area contributed by atoms with Crippen LogP contribution in [-0.2, 0) is 24.4 Å². The van der Waals surface area contributed by atoms with E-state index in [0.717, 1.165) is 6.92 Å². The van der Waals surface area contributed by atoms with Gasteiger partial charge >= 0.3 is 22.1 Å². The van der Waals surface area contributed by atoms with E-state index in [1.54, 1.807) is 0 Å². The second kappa shape index (κ2) is 7.57. The maximum atomic E-state index is 13.6. The molecule has 1 rings (SSSR count). The standard InChI is InChI=1S/C12H10F4O7S/c1-5(17)22-4-2-3-6(18)23-11-7(13)9(15)12(24(19,20)21)10(16)8(11)14/h2-4H2,1H3,(H,19,20,21). The maximum absolute atomic E-state index is 13.6. The van der Waals surface area contributed by atoms with Gasteiger partial charge in [-0.05, 0) is 6.42 Å². The van der Waals surface area contributed by atoms with Gasteiger partial charge in [-0.25, -0.2) is 8.78 Å². The first-order chi connectivity index (χ1) is 11.0. The summed E-state index contributed by atoms with van der Waals surface area (Å²) in [4.78, 5) is 19.6. The lowest BCUT2D eigenvalue weighted by Crippen LogP contribution is -2.16. The van der Waals surface area contributed by atoms with Crippen molar-refractivity contribution in [3.63, 3.8) is 0 Å². The highest BCUT2D eigenvalue weighted by atomic mass is 32.2. The molecular formula is C12H10F4O7S. The number of hydrogen-bond acceptors (Lipinski definition) is 6. The Hall–Kier alpha value is -2.21. The van der Waals surface area contributed by atoms with E-state index in [0.29, 0.717) is 0 Å². The Morgan fingerprint density at radius 2 is 1.54 bits per heavy atom. The minimum atomic E-state index is -5.60. The van der Waals surface area contributed by atoms with Crippen LogP contribution in [0.5, 0.6) is 5.75 Å². The zero-order chi connectivity index (χ0) is 18.7. The molecular weight excluding hydrogens is 364 g/mol. The molecule has 0 aliphatic rings. The van der Waals surface area contributed by atoms with Crippen molar-refractivity contribution in [3.05, 3.63) is 23.3 Å². The predicted octanol–water partition coefficient (Wildman–Crippen LogP) is 1.74. The molecule has 0 saturated heterocycles. The molecule has 0 unspecified atom stereocenters. The highest BCUT2D eigenvalue weighted by Gasteiger charge is 2.33. The molecule has 0 amide bonds. The van der Waals surface area contributed by atoms with Crippen LogP contribution in [0, 0.1) is 23.3 Å². The fourth-order valence-corrected chi connectivity index (χ4v) is 2.14. The van der Waals surface area contributed by atoms with Crippen LogP contribution in [0.15, 0.2) is 4.90 Å². The van der Waals surface area contributed by atoms with E-state index < -0.39 is 62.4 Å². The smallest absolute Gasteiger partial charge is 0.311 e. The van der Waals surface area contributed by atoms with Crippen molar-refractivity contribution in [2.75, 3.05) is 6.61 Å². The highest BCUT2D eigenvalue weighted by Crippen LogP contribution is 2.32. The molecule has 0 aliphatic heterocycles. The summed E-state index contributed by atoms with van der Waals surface area (Å²) in [6.45, 7) is 0.894. The van der Waals surface area contributed by atoms with Gasteiger partial charge in [-0.15, -0.1) is 0 Å². The molecule has 1 aromatic rings. The number of ether oxygens (including phenoxy) is 2. The first-order valence-electron chi connectivity index (χ1n) is 6.14. The molecule has 0 aliphatic carbocycles. The number of carbonyl (C=O) groups excluding carboxylic acids is 2. The first-order valence-corrected chi connectivity index (χ1v) is 7.58. The first kappa shape index (κ1) is 19.8. The third kappa shape index (κ3) is 4.64. The maximum Gasteiger partial charge on any atom is 0.311 e. The fraction of sp³-hybridized carbons (Fsp3) is 0.333. The van der Waals surface area contributed by atoms with E-state index in [4.69, 9.17) is 4.55 Å². The predicted molar refractivity (Wildman–Crippen MR) is 67.6 cm³/mol. The number of esters is 2. The Kier molecular flexibility index (Phi) is 6.26. The van der Waals surface area contributed by atoms with Gasteiger partial charge in [0.05, 0.1) is 6.61 Å². The van der Waals surface area contributed by atoms with Gasteiger partial charge in [-0.3, -0.25) is 14.1 Å². The van der Waals surface area contributed by atoms with E-state index in [1.807, 2.05) is 0 Å². The summed E-state index contributed by atoms with van der Waals surface area (Å²) in [5.41, 5.74) is 0. The van der Waals surface area contributed by atoms with Crippen LogP contribution < -0.4 is 4.74 Å². The molecule has 0 atom stereocenters. The molecule has 0 bridgehead atoms. The lowest BCUT2D eigenvalue weighted by Gasteiger charge is -2.10. The van der Waals surface area contributed by atoms with Crippen molar-refractivity contribution >= 4 is 22.1 Å². The van der Waals surface area contributed by atoms with Crippen LogP contribution in [0.2, 0.25) is 0 Å². The molecule has 0 spiro atoms. The van der Waals surface area contributed by atoms with Gasteiger partial charge in [0.15, 0.2) is 16.5 Å². The minimum Gasteiger partial charge on any atom is -0.466 e. The molecule has 0 saturated carbocycles. The van der Waals surface area contributed by atoms with Crippen molar-refractivity contribution < 1.29 is 49.6 Å². The number of rotatable bonds is 6. The third-order valence-corrected chi connectivity index (χ3v) is 3.36. The summed E-state index contributed by atoms with van der Waals surface area (Å²) >= 11 is 0. The molecule has 0 aromatic heterocycles. The lowest BCUT2D eigenvalue weighted by atomic mass is 10.2. The largest absolute Gasteiger partial charge is 0.466 e. The molecule has 134 valence electrons. The van der Waals surface area contributed by atoms with Crippen molar-refractivity contribution in [3.8, 4) is 5.75 Å². The van der Waals surface area contributed by atoms with Gasteiger partial charge in [0.2, 0.25) is 17.4 Å². The van der Waals surface area contributed by atoms with Gasteiger partial charge in [0, 0.05) is 13.3 Å². The molecule has 0 radical (unpaired) electrons. The normalized spacial score (nSPS) is 11.2. The zero-order valence-electron chi connectivity index (χ0n) is 11.9. The van der Waals surface area contributed by atoms with Gasteiger partial charge in [0.25, 0.3) is 0 Å². The summed E-state index contributed by atoms with van der Waals surface area (Å²) in [5.74, 6) is -13.3. The third-order valence-electron chi connectivity index (χ3n) is 2.49. The Labute approximate surface area is 132 Å². The zero-order valence-corrected chi connectivity index (χ0v) is 12.8. The SMILES string of the molecule is CC(=O)OCCCC(=O)Oc1c(F)c(F)c(S(=O)(=O)O)c(F)c1F. The number of hydrogen-bond donors (Lipinski definition) is 1. The van der Waals surface area contributed by atoms with Crippen LogP contribution in [0.25, 0.3) is 0 Å². The number of benzene rings is 1. The molecule has 1 N–H and O–H groups in total. The highest BCUT2D eigenvalue weighted by molar-refractivity contribution is 7.85. The van der Waals surface area contributed by atoms with E-state index in [2.05, 4.69) is 9.47 Å². The van der Waals surface area contributed by atoms with E-state index in [-0.39, 0.29) is 13.0 Å². The van der Waals surface area contributed by atoms with Gasteiger partial charge in [-0.2, -0.15) is 17.2 Å². The summed E-state index contributed by atoms with van der Waals surface area (Å²) in [6, 6.07) is 0. The van der Waals surface area contributed by atoms with Gasteiger partial charge in [0.1, 0.15) is 0 Å². The van der Waals surface area contributed by atoms with Crippen LogP contribution >= 0.6 is 0 Å². The monoisotopic (exact) mass is 374 g/mol. The topological polar surface area (TPSA) is 107 Å². The van der Waals surface area contributed by atoms with Crippen molar-refractivity contribution in [2.45, 2.75) is 24.7 Å². The average Bonchev–Trinajstić information content (AvgIpc) is 2.44. The second-order valence-electron chi connectivity index (χ2n) is 4.31. The summed E-state index contributed by atoms with van der Waals surface area (Å²) < 4.78 is 92.8.